The highest BCUT2D eigenvalue weighted by Crippen LogP contribution is 2.16. The van der Waals surface area contributed by atoms with Crippen LogP contribution in [0.1, 0.15) is 5.56 Å². The monoisotopic (exact) mass is 177 g/mol. The highest BCUT2D eigenvalue weighted by Gasteiger charge is 1.91. The molecule has 3 heteroatoms. The molecule has 0 saturated carbocycles. The SMILES string of the molecule is Cc1cc(N)ccc1Cl.Cl. The highest BCUT2D eigenvalue weighted by atomic mass is 35.5. The van der Waals surface area contributed by atoms with E-state index in [0.29, 0.717) is 0 Å². The average Bonchev–Trinajstić information content (AvgIpc) is 1.80. The Morgan fingerprint density at radius 2 is 2.00 bits per heavy atom. The van der Waals surface area contributed by atoms with Gasteiger partial charge < -0.3 is 5.73 Å². The highest BCUT2D eigenvalue weighted by molar-refractivity contribution is 6.31. The van der Waals surface area contributed by atoms with Crippen LogP contribution in [0.5, 0.6) is 0 Å². The summed E-state index contributed by atoms with van der Waals surface area (Å²) in [5, 5.41) is 0.768. The second-order valence-electron chi connectivity index (χ2n) is 2.01. The van der Waals surface area contributed by atoms with Gasteiger partial charge in [0.05, 0.1) is 0 Å². The van der Waals surface area contributed by atoms with E-state index in [4.69, 9.17) is 17.3 Å². The van der Waals surface area contributed by atoms with Crippen molar-refractivity contribution < 1.29 is 0 Å². The lowest BCUT2D eigenvalue weighted by Crippen LogP contribution is -1.84. The van der Waals surface area contributed by atoms with Crippen molar-refractivity contribution in [2.24, 2.45) is 0 Å². The quantitative estimate of drug-likeness (QED) is 0.607. The Morgan fingerprint density at radius 3 is 2.40 bits per heavy atom. The molecule has 1 nitrogen and oxygen atoms in total. The molecule has 0 radical (unpaired) electrons. The lowest BCUT2D eigenvalue weighted by Gasteiger charge is -1.96. The van der Waals surface area contributed by atoms with E-state index >= 15 is 0 Å². The first-order chi connectivity index (χ1) is 4.20. The van der Waals surface area contributed by atoms with Gasteiger partial charge in [0.1, 0.15) is 0 Å². The molecule has 56 valence electrons. The van der Waals surface area contributed by atoms with Gasteiger partial charge in [-0.1, -0.05) is 11.6 Å². The molecule has 0 aliphatic heterocycles. The second kappa shape index (κ2) is 3.69. The molecule has 0 aromatic heterocycles. The minimum Gasteiger partial charge on any atom is -0.399 e. The molecule has 0 atom stereocenters. The Labute approximate surface area is 71.6 Å². The molecular weight excluding hydrogens is 169 g/mol. The van der Waals surface area contributed by atoms with Crippen molar-refractivity contribution in [1.82, 2.24) is 0 Å². The van der Waals surface area contributed by atoms with Crippen LogP contribution in [0, 0.1) is 6.92 Å². The van der Waals surface area contributed by atoms with E-state index in [0.717, 1.165) is 16.3 Å². The first kappa shape index (κ1) is 9.60. The number of hydrogen-bond donors (Lipinski definition) is 1. The first-order valence-electron chi connectivity index (χ1n) is 2.72. The number of anilines is 1. The van der Waals surface area contributed by atoms with Gasteiger partial charge in [-0.15, -0.1) is 12.4 Å². The van der Waals surface area contributed by atoms with E-state index < -0.39 is 0 Å². The Hall–Kier alpha value is -0.400. The van der Waals surface area contributed by atoms with E-state index in [9.17, 15) is 0 Å². The zero-order valence-corrected chi connectivity index (χ0v) is 7.17. The summed E-state index contributed by atoms with van der Waals surface area (Å²) in [5.41, 5.74) is 7.25. The van der Waals surface area contributed by atoms with Crippen LogP contribution in [0.3, 0.4) is 0 Å². The number of rotatable bonds is 0. The van der Waals surface area contributed by atoms with E-state index in [1.807, 2.05) is 13.0 Å². The van der Waals surface area contributed by atoms with Crippen molar-refractivity contribution in [1.29, 1.82) is 0 Å². The number of halogens is 2. The molecule has 2 N–H and O–H groups in total. The fraction of sp³-hybridized carbons (Fsp3) is 0.143. The van der Waals surface area contributed by atoms with E-state index in [2.05, 4.69) is 0 Å². The molecule has 0 spiro atoms. The van der Waals surface area contributed by atoms with E-state index in [1.165, 1.54) is 0 Å². The fourth-order valence-electron chi connectivity index (χ4n) is 0.668. The van der Waals surface area contributed by atoms with Crippen LogP contribution in [0.2, 0.25) is 5.02 Å². The smallest absolute Gasteiger partial charge is 0.0436 e. The molecule has 0 bridgehead atoms. The largest absolute Gasteiger partial charge is 0.399 e. The summed E-state index contributed by atoms with van der Waals surface area (Å²) in [4.78, 5) is 0. The third-order valence-corrected chi connectivity index (χ3v) is 1.61. The Kier molecular flexibility index (Phi) is 3.54. The predicted octanol–water partition coefficient (Wildman–Crippen LogP) is 2.65. The van der Waals surface area contributed by atoms with Crippen molar-refractivity contribution in [3.05, 3.63) is 28.8 Å². The summed E-state index contributed by atoms with van der Waals surface area (Å²) in [5.74, 6) is 0. The van der Waals surface area contributed by atoms with Gasteiger partial charge in [0.25, 0.3) is 0 Å². The lowest BCUT2D eigenvalue weighted by atomic mass is 10.2. The van der Waals surface area contributed by atoms with Crippen molar-refractivity contribution in [2.45, 2.75) is 6.92 Å². The molecule has 0 heterocycles. The summed E-state index contributed by atoms with van der Waals surface area (Å²) in [6.45, 7) is 1.93. The zero-order valence-electron chi connectivity index (χ0n) is 5.60. The van der Waals surface area contributed by atoms with Gasteiger partial charge in [0.2, 0.25) is 0 Å². The zero-order chi connectivity index (χ0) is 6.85. The van der Waals surface area contributed by atoms with Crippen LogP contribution in [-0.4, -0.2) is 0 Å². The van der Waals surface area contributed by atoms with Gasteiger partial charge in [-0.3, -0.25) is 0 Å². The summed E-state index contributed by atoms with van der Waals surface area (Å²) < 4.78 is 0. The predicted molar refractivity (Wildman–Crippen MR) is 47.8 cm³/mol. The molecule has 0 amide bonds. The molecule has 0 aliphatic carbocycles. The molecule has 0 unspecified atom stereocenters. The molecule has 0 saturated heterocycles. The van der Waals surface area contributed by atoms with Crippen LogP contribution < -0.4 is 5.73 Å². The molecule has 1 aromatic rings. The first-order valence-corrected chi connectivity index (χ1v) is 3.09. The van der Waals surface area contributed by atoms with Gasteiger partial charge in [0, 0.05) is 10.7 Å². The Bertz CT molecular complexity index is 223. The number of aryl methyl sites for hydroxylation is 1. The second-order valence-corrected chi connectivity index (χ2v) is 2.42. The maximum atomic E-state index is 5.73. The average molecular weight is 178 g/mol. The fourth-order valence-corrected chi connectivity index (χ4v) is 0.785. The van der Waals surface area contributed by atoms with Crippen molar-refractivity contribution >= 4 is 29.7 Å². The van der Waals surface area contributed by atoms with Gasteiger partial charge >= 0.3 is 0 Å². The standard InChI is InChI=1S/C7H8ClN.ClH/c1-5-4-6(9)2-3-7(5)8;/h2-4H,9H2,1H3;1H. The minimum atomic E-state index is 0. The van der Waals surface area contributed by atoms with Crippen LogP contribution in [0.4, 0.5) is 5.69 Å². The molecule has 10 heavy (non-hydrogen) atoms. The van der Waals surface area contributed by atoms with E-state index in [1.54, 1.807) is 12.1 Å². The number of nitrogens with two attached hydrogens (primary N) is 1. The number of nitrogen functional groups attached to an aromatic ring is 1. The Balaban J connectivity index is 0.000000810. The molecular formula is C7H9Cl2N. The van der Waals surface area contributed by atoms with Gasteiger partial charge in [-0.05, 0) is 30.7 Å². The normalized spacial score (nSPS) is 8.60. The molecule has 1 aromatic carbocycles. The van der Waals surface area contributed by atoms with Crippen LogP contribution in [0.25, 0.3) is 0 Å². The van der Waals surface area contributed by atoms with E-state index in [-0.39, 0.29) is 12.4 Å². The van der Waals surface area contributed by atoms with Crippen LogP contribution >= 0.6 is 24.0 Å². The molecule has 0 aliphatic rings. The molecule has 0 fully saturated rings. The van der Waals surface area contributed by atoms with Gasteiger partial charge in [0.15, 0.2) is 0 Å². The minimum absolute atomic E-state index is 0. The summed E-state index contributed by atoms with van der Waals surface area (Å²) in [7, 11) is 0. The van der Waals surface area contributed by atoms with Crippen molar-refractivity contribution in [3.63, 3.8) is 0 Å². The van der Waals surface area contributed by atoms with Crippen LogP contribution in [0.15, 0.2) is 18.2 Å². The Morgan fingerprint density at radius 1 is 1.40 bits per heavy atom. The molecule has 1 rings (SSSR count). The maximum absolute atomic E-state index is 5.73. The van der Waals surface area contributed by atoms with Gasteiger partial charge in [-0.2, -0.15) is 0 Å². The van der Waals surface area contributed by atoms with Crippen LogP contribution in [-0.2, 0) is 0 Å². The lowest BCUT2D eigenvalue weighted by molar-refractivity contribution is 1.47. The third-order valence-electron chi connectivity index (χ3n) is 1.18. The summed E-state index contributed by atoms with van der Waals surface area (Å²) >= 11 is 5.73. The summed E-state index contributed by atoms with van der Waals surface area (Å²) in [6, 6.07) is 5.43. The third kappa shape index (κ3) is 2.09. The van der Waals surface area contributed by atoms with Crippen molar-refractivity contribution in [3.8, 4) is 0 Å². The van der Waals surface area contributed by atoms with Crippen molar-refractivity contribution in [2.75, 3.05) is 5.73 Å². The number of hydrogen-bond acceptors (Lipinski definition) is 1. The summed E-state index contributed by atoms with van der Waals surface area (Å²) in [6.07, 6.45) is 0. The van der Waals surface area contributed by atoms with Gasteiger partial charge in [-0.25, -0.2) is 0 Å². The topological polar surface area (TPSA) is 26.0 Å². The number of benzene rings is 1. The maximum Gasteiger partial charge on any atom is 0.0436 e.